The maximum absolute atomic E-state index is 11.4. The molecular formula is C15H24O. The van der Waals surface area contributed by atoms with Crippen molar-refractivity contribution in [1.29, 1.82) is 0 Å². The molecular weight excluding hydrogens is 196 g/mol. The smallest absolute Gasteiger partial charge is 0.135 e. The van der Waals surface area contributed by atoms with Crippen LogP contribution >= 0.6 is 0 Å². The van der Waals surface area contributed by atoms with E-state index >= 15 is 0 Å². The molecule has 0 spiro atoms. The van der Waals surface area contributed by atoms with Gasteiger partial charge in [-0.1, -0.05) is 57.5 Å². The lowest BCUT2D eigenvalue weighted by atomic mass is 10.0. The fourth-order valence-corrected chi connectivity index (χ4v) is 1.31. The first kappa shape index (κ1) is 14.9. The van der Waals surface area contributed by atoms with Gasteiger partial charge in [-0.2, -0.15) is 0 Å². The monoisotopic (exact) mass is 220 g/mol. The molecule has 1 aromatic carbocycles. The highest BCUT2D eigenvalue weighted by Crippen LogP contribution is 2.08. The van der Waals surface area contributed by atoms with Crippen LogP contribution in [0.2, 0.25) is 0 Å². The minimum atomic E-state index is 0.167. The highest BCUT2D eigenvalue weighted by Gasteiger charge is 2.06. The van der Waals surface area contributed by atoms with Gasteiger partial charge in [0.15, 0.2) is 0 Å². The maximum atomic E-state index is 11.4. The number of Topliss-reactive ketones (excluding diaryl/α,β-unsaturated/α-hetero) is 1. The van der Waals surface area contributed by atoms with E-state index in [0.29, 0.717) is 12.2 Å². The average molecular weight is 220 g/mol. The van der Waals surface area contributed by atoms with E-state index in [-0.39, 0.29) is 5.92 Å². The summed E-state index contributed by atoms with van der Waals surface area (Å²) in [5, 5.41) is 0. The fourth-order valence-electron chi connectivity index (χ4n) is 1.31. The van der Waals surface area contributed by atoms with Gasteiger partial charge in [-0.15, -0.1) is 0 Å². The molecule has 0 bridgehead atoms. The minimum absolute atomic E-state index is 0.167. The van der Waals surface area contributed by atoms with E-state index < -0.39 is 0 Å². The normalized spacial score (nSPS) is 9.62. The van der Waals surface area contributed by atoms with Gasteiger partial charge in [-0.25, -0.2) is 0 Å². The maximum Gasteiger partial charge on any atom is 0.135 e. The van der Waals surface area contributed by atoms with Gasteiger partial charge in [0.1, 0.15) is 5.78 Å². The molecule has 0 fully saturated rings. The molecule has 0 saturated carbocycles. The topological polar surface area (TPSA) is 17.1 Å². The third-order valence-electron chi connectivity index (χ3n) is 2.42. The van der Waals surface area contributed by atoms with E-state index in [0.717, 1.165) is 6.42 Å². The molecule has 0 atom stereocenters. The molecule has 0 N–H and O–H groups in total. The molecule has 1 heteroatoms. The van der Waals surface area contributed by atoms with E-state index in [1.54, 1.807) is 0 Å². The van der Waals surface area contributed by atoms with Crippen molar-refractivity contribution in [1.82, 2.24) is 0 Å². The molecule has 0 heterocycles. The molecule has 0 aliphatic carbocycles. The molecule has 0 saturated heterocycles. The second kappa shape index (κ2) is 8.09. The zero-order valence-electron chi connectivity index (χ0n) is 11.2. The Hall–Kier alpha value is -1.11. The highest BCUT2D eigenvalue weighted by atomic mass is 16.1. The van der Waals surface area contributed by atoms with Crippen molar-refractivity contribution in [2.45, 2.75) is 47.5 Å². The summed E-state index contributed by atoms with van der Waals surface area (Å²) < 4.78 is 0. The quantitative estimate of drug-likeness (QED) is 0.744. The Morgan fingerprint density at radius 3 is 2.06 bits per heavy atom. The molecule has 0 unspecified atom stereocenters. The number of ketones is 1. The van der Waals surface area contributed by atoms with Crippen molar-refractivity contribution < 1.29 is 4.79 Å². The molecule has 0 amide bonds. The summed E-state index contributed by atoms with van der Waals surface area (Å²) in [6, 6.07) is 8.39. The van der Waals surface area contributed by atoms with Gasteiger partial charge < -0.3 is 0 Å². The summed E-state index contributed by atoms with van der Waals surface area (Å²) >= 11 is 0. The van der Waals surface area contributed by atoms with Crippen molar-refractivity contribution in [3.05, 3.63) is 35.4 Å². The van der Waals surface area contributed by atoms with Gasteiger partial charge in [0, 0.05) is 12.3 Å². The van der Waals surface area contributed by atoms with Crippen molar-refractivity contribution in [3.8, 4) is 0 Å². The lowest BCUT2D eigenvalue weighted by Crippen LogP contribution is -2.07. The van der Waals surface area contributed by atoms with Gasteiger partial charge in [0.05, 0.1) is 0 Å². The first-order valence-electron chi connectivity index (χ1n) is 6.18. The first-order valence-corrected chi connectivity index (χ1v) is 6.18. The number of rotatable bonds is 4. The molecule has 0 aliphatic heterocycles. The Balaban J connectivity index is 0.00000106. The third kappa shape index (κ3) is 5.69. The molecule has 1 rings (SSSR count). The van der Waals surface area contributed by atoms with Crippen LogP contribution in [0.4, 0.5) is 0 Å². The average Bonchev–Trinajstić information content (AvgIpc) is 2.30. The summed E-state index contributed by atoms with van der Waals surface area (Å²) in [5.74, 6) is 0.519. The second-order valence-corrected chi connectivity index (χ2v) is 4.11. The summed E-state index contributed by atoms with van der Waals surface area (Å²) in [6.45, 7) is 9.98. The van der Waals surface area contributed by atoms with Crippen molar-refractivity contribution in [2.24, 2.45) is 5.92 Å². The molecule has 1 nitrogen and oxygen atoms in total. The van der Waals surface area contributed by atoms with Gasteiger partial charge in [0.2, 0.25) is 0 Å². The van der Waals surface area contributed by atoms with Crippen LogP contribution in [-0.2, 0) is 11.2 Å². The molecule has 0 radical (unpaired) electrons. The highest BCUT2D eigenvalue weighted by molar-refractivity contribution is 5.80. The van der Waals surface area contributed by atoms with E-state index in [1.165, 1.54) is 11.1 Å². The van der Waals surface area contributed by atoms with Gasteiger partial charge in [0.25, 0.3) is 0 Å². The van der Waals surface area contributed by atoms with E-state index in [2.05, 4.69) is 31.2 Å². The number of benzene rings is 1. The van der Waals surface area contributed by atoms with Crippen LogP contribution in [0.5, 0.6) is 0 Å². The first-order chi connectivity index (χ1) is 7.59. The second-order valence-electron chi connectivity index (χ2n) is 4.11. The van der Waals surface area contributed by atoms with Gasteiger partial charge in [-0.05, 0) is 18.9 Å². The molecule has 0 aliphatic rings. The predicted molar refractivity (Wildman–Crippen MR) is 70.7 cm³/mol. The van der Waals surface area contributed by atoms with Crippen LogP contribution in [0.3, 0.4) is 0 Å². The third-order valence-corrected chi connectivity index (χ3v) is 2.42. The van der Waals surface area contributed by atoms with Crippen LogP contribution in [0.15, 0.2) is 24.3 Å². The Kier molecular flexibility index (Phi) is 7.53. The number of hydrogen-bond donors (Lipinski definition) is 0. The van der Waals surface area contributed by atoms with Crippen molar-refractivity contribution in [2.75, 3.05) is 0 Å². The lowest BCUT2D eigenvalue weighted by molar-refractivity contribution is -0.121. The van der Waals surface area contributed by atoms with Crippen LogP contribution in [-0.4, -0.2) is 5.78 Å². The number of carbonyl (C=O) groups excluding carboxylic acids is 1. The minimum Gasteiger partial charge on any atom is -0.299 e. The zero-order valence-corrected chi connectivity index (χ0v) is 11.2. The largest absolute Gasteiger partial charge is 0.299 e. The summed E-state index contributed by atoms with van der Waals surface area (Å²) in [5.41, 5.74) is 2.52. The molecule has 90 valence electrons. The van der Waals surface area contributed by atoms with Crippen molar-refractivity contribution in [3.63, 3.8) is 0 Å². The van der Waals surface area contributed by atoms with Crippen LogP contribution in [0, 0.1) is 12.8 Å². The van der Waals surface area contributed by atoms with E-state index in [4.69, 9.17) is 0 Å². The zero-order chi connectivity index (χ0) is 12.6. The SMILES string of the molecule is CC.Cc1ccc(CCC(=O)C(C)C)cc1. The van der Waals surface area contributed by atoms with Crippen molar-refractivity contribution >= 4 is 5.78 Å². The Morgan fingerprint density at radius 2 is 1.62 bits per heavy atom. The van der Waals surface area contributed by atoms with Gasteiger partial charge in [-0.3, -0.25) is 4.79 Å². The number of aryl methyl sites for hydroxylation is 2. The summed E-state index contributed by atoms with van der Waals surface area (Å²) in [7, 11) is 0. The molecule has 1 aromatic rings. The van der Waals surface area contributed by atoms with E-state index in [1.807, 2.05) is 27.7 Å². The summed E-state index contributed by atoms with van der Waals surface area (Å²) in [4.78, 5) is 11.4. The van der Waals surface area contributed by atoms with Crippen LogP contribution in [0.25, 0.3) is 0 Å². The predicted octanol–water partition coefficient (Wildman–Crippen LogP) is 4.18. The standard InChI is InChI=1S/C13H18O.C2H6/c1-10(2)13(14)9-8-12-6-4-11(3)5-7-12;1-2/h4-7,10H,8-9H2,1-3H3;1-2H3. The van der Waals surface area contributed by atoms with Gasteiger partial charge >= 0.3 is 0 Å². The fraction of sp³-hybridized carbons (Fsp3) is 0.533. The Labute approximate surface area is 99.9 Å². The van der Waals surface area contributed by atoms with Crippen LogP contribution < -0.4 is 0 Å². The van der Waals surface area contributed by atoms with E-state index in [9.17, 15) is 4.79 Å². The Bertz CT molecular complexity index is 296. The Morgan fingerprint density at radius 1 is 1.12 bits per heavy atom. The summed E-state index contributed by atoms with van der Waals surface area (Å²) in [6.07, 6.45) is 1.54. The lowest BCUT2D eigenvalue weighted by Gasteiger charge is -2.04. The van der Waals surface area contributed by atoms with Crippen LogP contribution in [0.1, 0.15) is 45.2 Å². The number of hydrogen-bond acceptors (Lipinski definition) is 1. The number of carbonyl (C=O) groups is 1. The molecule has 16 heavy (non-hydrogen) atoms. The molecule has 0 aromatic heterocycles.